The lowest BCUT2D eigenvalue weighted by molar-refractivity contribution is -0.117. The zero-order valence-corrected chi connectivity index (χ0v) is 15.6. The third-order valence-corrected chi connectivity index (χ3v) is 5.30. The summed E-state index contributed by atoms with van der Waals surface area (Å²) in [5, 5.41) is 7.36. The standard InChI is InChI=1S/C15H18Cl3N3O.ClH/c16-10-5-11(17)14(12(18)6-10)20-13(22)7-21-4-2-15(9-21)1-3-19-8-15;/h5-6,19H,1-4,7-9H2,(H,20,22);1H. The van der Waals surface area contributed by atoms with Crippen LogP contribution in [0, 0.1) is 5.41 Å². The summed E-state index contributed by atoms with van der Waals surface area (Å²) in [6, 6.07) is 3.14. The number of nitrogens with zero attached hydrogens (tertiary/aromatic N) is 1. The number of amides is 1. The predicted molar refractivity (Wildman–Crippen MR) is 98.3 cm³/mol. The number of carbonyl (C=O) groups excluding carboxylic acids is 1. The van der Waals surface area contributed by atoms with Gasteiger partial charge in [-0.25, -0.2) is 0 Å². The maximum atomic E-state index is 12.2. The molecule has 2 aliphatic heterocycles. The SMILES string of the molecule is Cl.O=C(CN1CCC2(CCNC2)C1)Nc1c(Cl)cc(Cl)cc1Cl. The Morgan fingerprint density at radius 2 is 1.96 bits per heavy atom. The van der Waals surface area contributed by atoms with Crippen molar-refractivity contribution in [3.8, 4) is 0 Å². The molecular weight excluding hydrogens is 380 g/mol. The number of halogens is 4. The molecular formula is C15H19Cl4N3O. The summed E-state index contributed by atoms with van der Waals surface area (Å²) in [7, 11) is 0. The van der Waals surface area contributed by atoms with Gasteiger partial charge in [0.1, 0.15) is 0 Å². The van der Waals surface area contributed by atoms with Crippen molar-refractivity contribution in [2.75, 3.05) is 38.0 Å². The lowest BCUT2D eigenvalue weighted by Gasteiger charge is -2.22. The predicted octanol–water partition coefficient (Wildman–Crippen LogP) is 3.69. The van der Waals surface area contributed by atoms with Gasteiger partial charge in [0, 0.05) is 18.1 Å². The molecule has 8 heteroatoms. The van der Waals surface area contributed by atoms with Crippen molar-refractivity contribution in [3.05, 3.63) is 27.2 Å². The van der Waals surface area contributed by atoms with Crippen LogP contribution in [-0.4, -0.2) is 43.5 Å². The third-order valence-electron chi connectivity index (χ3n) is 4.49. The summed E-state index contributed by atoms with van der Waals surface area (Å²) in [4.78, 5) is 14.4. The molecule has 2 saturated heterocycles. The molecule has 1 aromatic rings. The molecule has 2 N–H and O–H groups in total. The summed E-state index contributed by atoms with van der Waals surface area (Å²) in [5.41, 5.74) is 0.782. The average molecular weight is 399 g/mol. The average Bonchev–Trinajstić information content (AvgIpc) is 3.05. The molecule has 4 nitrogen and oxygen atoms in total. The summed E-state index contributed by atoms with van der Waals surface area (Å²) in [6.07, 6.45) is 2.34. The maximum Gasteiger partial charge on any atom is 0.238 e. The van der Waals surface area contributed by atoms with Crippen molar-refractivity contribution < 1.29 is 4.79 Å². The molecule has 128 valence electrons. The Hall–Kier alpha value is -0.230. The van der Waals surface area contributed by atoms with E-state index in [-0.39, 0.29) is 18.3 Å². The Bertz CT molecular complexity index is 567. The second-order valence-corrected chi connectivity index (χ2v) is 7.43. The normalized spacial score (nSPS) is 24.0. The highest BCUT2D eigenvalue weighted by Crippen LogP contribution is 2.36. The molecule has 2 aliphatic rings. The Morgan fingerprint density at radius 1 is 1.26 bits per heavy atom. The van der Waals surface area contributed by atoms with Crippen LogP contribution in [0.1, 0.15) is 12.8 Å². The van der Waals surface area contributed by atoms with Crippen molar-refractivity contribution in [2.24, 2.45) is 5.41 Å². The van der Waals surface area contributed by atoms with Crippen molar-refractivity contribution >= 4 is 58.8 Å². The number of rotatable bonds is 3. The second-order valence-electron chi connectivity index (χ2n) is 6.18. The van der Waals surface area contributed by atoms with Gasteiger partial charge < -0.3 is 10.6 Å². The number of nitrogens with one attached hydrogen (secondary N) is 2. The smallest absolute Gasteiger partial charge is 0.238 e. The molecule has 2 fully saturated rings. The van der Waals surface area contributed by atoms with Gasteiger partial charge in [-0.3, -0.25) is 9.69 Å². The highest BCUT2D eigenvalue weighted by molar-refractivity contribution is 6.42. The molecule has 2 heterocycles. The number of hydrogen-bond donors (Lipinski definition) is 2. The van der Waals surface area contributed by atoms with E-state index >= 15 is 0 Å². The first kappa shape index (κ1) is 19.1. The van der Waals surface area contributed by atoms with E-state index in [1.807, 2.05) is 0 Å². The number of anilines is 1. The van der Waals surface area contributed by atoms with Gasteiger partial charge in [0.05, 0.1) is 22.3 Å². The van der Waals surface area contributed by atoms with Crippen molar-refractivity contribution in [2.45, 2.75) is 12.8 Å². The first-order valence-electron chi connectivity index (χ1n) is 7.35. The number of benzene rings is 1. The van der Waals surface area contributed by atoms with Crippen LogP contribution in [0.2, 0.25) is 15.1 Å². The van der Waals surface area contributed by atoms with Crippen molar-refractivity contribution in [1.29, 1.82) is 0 Å². The van der Waals surface area contributed by atoms with E-state index in [0.717, 1.165) is 32.6 Å². The molecule has 1 aromatic carbocycles. The zero-order chi connectivity index (χ0) is 15.7. The van der Waals surface area contributed by atoms with E-state index < -0.39 is 0 Å². The molecule has 0 aromatic heterocycles. The van der Waals surface area contributed by atoms with E-state index in [1.54, 1.807) is 12.1 Å². The molecule has 1 atom stereocenters. The van der Waals surface area contributed by atoms with Gasteiger partial charge in [0.25, 0.3) is 0 Å². The molecule has 1 unspecified atom stereocenters. The van der Waals surface area contributed by atoms with Crippen LogP contribution in [0.25, 0.3) is 0 Å². The highest BCUT2D eigenvalue weighted by Gasteiger charge is 2.40. The van der Waals surface area contributed by atoms with E-state index in [1.165, 1.54) is 6.42 Å². The molecule has 0 bridgehead atoms. The maximum absolute atomic E-state index is 12.2. The number of hydrogen-bond acceptors (Lipinski definition) is 3. The lowest BCUT2D eigenvalue weighted by Crippen LogP contribution is -2.34. The second kappa shape index (κ2) is 7.77. The van der Waals surface area contributed by atoms with Crippen LogP contribution >= 0.6 is 47.2 Å². The topological polar surface area (TPSA) is 44.4 Å². The van der Waals surface area contributed by atoms with Crippen LogP contribution < -0.4 is 10.6 Å². The van der Waals surface area contributed by atoms with Crippen molar-refractivity contribution in [3.63, 3.8) is 0 Å². The first-order chi connectivity index (χ1) is 10.5. The van der Waals surface area contributed by atoms with Gasteiger partial charge in [0.15, 0.2) is 0 Å². The molecule has 0 radical (unpaired) electrons. The summed E-state index contributed by atoms with van der Waals surface area (Å²) < 4.78 is 0. The minimum atomic E-state index is -0.103. The van der Waals surface area contributed by atoms with Crippen LogP contribution in [0.3, 0.4) is 0 Å². The van der Waals surface area contributed by atoms with Crippen molar-refractivity contribution in [1.82, 2.24) is 10.2 Å². The Morgan fingerprint density at radius 3 is 2.57 bits per heavy atom. The lowest BCUT2D eigenvalue weighted by atomic mass is 9.87. The Balaban J connectivity index is 0.00000192. The summed E-state index contributed by atoms with van der Waals surface area (Å²) >= 11 is 18.0. The van der Waals surface area contributed by atoms with Crippen LogP contribution in [0.4, 0.5) is 5.69 Å². The number of carbonyl (C=O) groups is 1. The van der Waals surface area contributed by atoms with E-state index in [9.17, 15) is 4.79 Å². The van der Waals surface area contributed by atoms with Crippen LogP contribution in [0.15, 0.2) is 12.1 Å². The summed E-state index contributed by atoms with van der Waals surface area (Å²) in [5.74, 6) is -0.103. The fraction of sp³-hybridized carbons (Fsp3) is 0.533. The van der Waals surface area contributed by atoms with Gasteiger partial charge in [-0.05, 0) is 43.5 Å². The van der Waals surface area contributed by atoms with Gasteiger partial charge in [-0.2, -0.15) is 0 Å². The van der Waals surface area contributed by atoms with Gasteiger partial charge in [0.2, 0.25) is 5.91 Å². The molecule has 1 spiro atoms. The van der Waals surface area contributed by atoms with Crippen LogP contribution in [-0.2, 0) is 4.79 Å². The minimum Gasteiger partial charge on any atom is -0.322 e. The zero-order valence-electron chi connectivity index (χ0n) is 12.5. The summed E-state index contributed by atoms with van der Waals surface area (Å²) in [6.45, 7) is 4.42. The molecule has 0 aliphatic carbocycles. The largest absolute Gasteiger partial charge is 0.322 e. The fourth-order valence-electron chi connectivity index (χ4n) is 3.35. The van der Waals surface area contributed by atoms with Gasteiger partial charge in [-0.15, -0.1) is 12.4 Å². The number of likely N-dealkylation sites (tertiary alicyclic amines) is 1. The highest BCUT2D eigenvalue weighted by atomic mass is 35.5. The van der Waals surface area contributed by atoms with E-state index in [4.69, 9.17) is 34.8 Å². The first-order valence-corrected chi connectivity index (χ1v) is 8.48. The molecule has 0 saturated carbocycles. The Labute approximate surface area is 157 Å². The van der Waals surface area contributed by atoms with Gasteiger partial charge in [-0.1, -0.05) is 34.8 Å². The molecule has 3 rings (SSSR count). The molecule has 23 heavy (non-hydrogen) atoms. The van der Waals surface area contributed by atoms with E-state index in [2.05, 4.69) is 15.5 Å². The third kappa shape index (κ3) is 4.44. The van der Waals surface area contributed by atoms with Crippen LogP contribution in [0.5, 0.6) is 0 Å². The monoisotopic (exact) mass is 397 g/mol. The fourth-order valence-corrected chi connectivity index (χ4v) is 4.26. The van der Waals surface area contributed by atoms with Gasteiger partial charge >= 0.3 is 0 Å². The van der Waals surface area contributed by atoms with E-state index in [0.29, 0.717) is 32.7 Å². The Kier molecular flexibility index (Phi) is 6.45. The minimum absolute atomic E-state index is 0. The quantitative estimate of drug-likeness (QED) is 0.815. The molecule has 1 amide bonds.